The molecule has 1 heterocycles. The molecule has 0 atom stereocenters. The van der Waals surface area contributed by atoms with Crippen LogP contribution in [0.4, 0.5) is 8.78 Å². The molecule has 1 aromatic heterocycles. The van der Waals surface area contributed by atoms with Gasteiger partial charge < -0.3 is 14.4 Å². The van der Waals surface area contributed by atoms with Crippen LogP contribution in [0.25, 0.3) is 16.8 Å². The molecule has 0 amide bonds. The largest absolute Gasteiger partial charge is 0.478 e. The molecular formula is C18H13F2NO3. The molecule has 0 saturated heterocycles. The van der Waals surface area contributed by atoms with Crippen LogP contribution in [-0.2, 0) is 0 Å². The third kappa shape index (κ3) is 3.43. The average molecular weight is 329 g/mol. The van der Waals surface area contributed by atoms with Crippen LogP contribution in [0.1, 0.15) is 10.4 Å². The number of ether oxygens (including phenoxy) is 1. The Morgan fingerprint density at radius 1 is 1.04 bits per heavy atom. The predicted octanol–water partition coefficient (Wildman–Crippen LogP) is 4.44. The van der Waals surface area contributed by atoms with Crippen molar-refractivity contribution in [1.29, 1.82) is 0 Å². The summed E-state index contributed by atoms with van der Waals surface area (Å²) in [6.45, 7) is -2.85. The van der Waals surface area contributed by atoms with Crippen LogP contribution in [0.2, 0.25) is 0 Å². The molecule has 0 aliphatic carbocycles. The fraction of sp³-hybridized carbons (Fsp3) is 0.0556. The third-order valence-electron chi connectivity index (χ3n) is 3.50. The van der Waals surface area contributed by atoms with Gasteiger partial charge in [0.2, 0.25) is 0 Å². The zero-order valence-corrected chi connectivity index (χ0v) is 12.4. The van der Waals surface area contributed by atoms with E-state index in [-0.39, 0.29) is 11.3 Å². The van der Waals surface area contributed by atoms with Gasteiger partial charge in [-0.2, -0.15) is 8.78 Å². The van der Waals surface area contributed by atoms with E-state index in [1.807, 2.05) is 29.1 Å². The van der Waals surface area contributed by atoms with E-state index in [4.69, 9.17) is 5.11 Å². The molecule has 3 rings (SSSR count). The fourth-order valence-electron chi connectivity index (χ4n) is 2.36. The summed E-state index contributed by atoms with van der Waals surface area (Å²) >= 11 is 0. The molecule has 0 spiro atoms. The maximum atomic E-state index is 12.2. The van der Waals surface area contributed by atoms with E-state index in [0.29, 0.717) is 0 Å². The number of nitrogens with zero attached hydrogens (tertiary/aromatic N) is 1. The Labute approximate surface area is 136 Å². The van der Waals surface area contributed by atoms with Gasteiger partial charge in [-0.15, -0.1) is 0 Å². The van der Waals surface area contributed by atoms with E-state index in [1.165, 1.54) is 18.2 Å². The van der Waals surface area contributed by atoms with Gasteiger partial charge in [0, 0.05) is 18.1 Å². The van der Waals surface area contributed by atoms with Crippen LogP contribution in [-0.4, -0.2) is 22.3 Å². The smallest absolute Gasteiger partial charge is 0.387 e. The molecule has 2 aromatic carbocycles. The second-order valence-electron chi connectivity index (χ2n) is 5.07. The van der Waals surface area contributed by atoms with Crippen LogP contribution < -0.4 is 4.74 Å². The zero-order chi connectivity index (χ0) is 17.1. The van der Waals surface area contributed by atoms with Crippen molar-refractivity contribution in [2.75, 3.05) is 0 Å². The first kappa shape index (κ1) is 15.7. The van der Waals surface area contributed by atoms with Crippen molar-refractivity contribution in [2.45, 2.75) is 6.61 Å². The lowest BCUT2D eigenvalue weighted by molar-refractivity contribution is -0.0498. The zero-order valence-electron chi connectivity index (χ0n) is 12.4. The number of aromatic carboxylic acids is 1. The Morgan fingerprint density at radius 3 is 2.46 bits per heavy atom. The summed E-state index contributed by atoms with van der Waals surface area (Å²) in [5.41, 5.74) is 2.63. The lowest BCUT2D eigenvalue weighted by Gasteiger charge is -2.06. The Hall–Kier alpha value is -3.15. The first-order valence-corrected chi connectivity index (χ1v) is 7.10. The van der Waals surface area contributed by atoms with Crippen molar-refractivity contribution in [3.8, 4) is 22.6 Å². The van der Waals surface area contributed by atoms with Gasteiger partial charge in [-0.25, -0.2) is 4.79 Å². The molecule has 0 aliphatic rings. The number of carboxylic acids is 1. The van der Waals surface area contributed by atoms with Gasteiger partial charge in [-0.3, -0.25) is 0 Å². The summed E-state index contributed by atoms with van der Waals surface area (Å²) in [7, 11) is 0. The molecule has 0 saturated carbocycles. The Morgan fingerprint density at radius 2 is 1.79 bits per heavy atom. The molecule has 0 bridgehead atoms. The minimum Gasteiger partial charge on any atom is -0.478 e. The number of carbonyl (C=O) groups is 1. The predicted molar refractivity (Wildman–Crippen MR) is 84.8 cm³/mol. The average Bonchev–Trinajstić information content (AvgIpc) is 3.05. The molecule has 24 heavy (non-hydrogen) atoms. The highest BCUT2D eigenvalue weighted by atomic mass is 19.3. The second kappa shape index (κ2) is 6.54. The highest BCUT2D eigenvalue weighted by molar-refractivity contribution is 5.89. The highest BCUT2D eigenvalue weighted by Gasteiger charge is 2.07. The van der Waals surface area contributed by atoms with Crippen molar-refractivity contribution in [3.05, 3.63) is 72.6 Å². The van der Waals surface area contributed by atoms with E-state index in [9.17, 15) is 13.6 Å². The van der Waals surface area contributed by atoms with Crippen molar-refractivity contribution >= 4 is 5.97 Å². The Kier molecular flexibility index (Phi) is 4.29. The number of hydrogen-bond donors (Lipinski definition) is 1. The number of alkyl halides is 2. The number of hydrogen-bond acceptors (Lipinski definition) is 2. The van der Waals surface area contributed by atoms with Crippen LogP contribution in [0, 0.1) is 0 Å². The SMILES string of the molecule is O=C(O)c1cccc(-c2ccn(-c3ccc(OC(F)F)cc3)c2)c1. The second-order valence-corrected chi connectivity index (χ2v) is 5.07. The van der Waals surface area contributed by atoms with Crippen molar-refractivity contribution in [1.82, 2.24) is 4.57 Å². The molecule has 6 heteroatoms. The van der Waals surface area contributed by atoms with Crippen LogP contribution in [0.3, 0.4) is 0 Å². The topological polar surface area (TPSA) is 51.5 Å². The van der Waals surface area contributed by atoms with E-state index >= 15 is 0 Å². The van der Waals surface area contributed by atoms with Crippen LogP contribution in [0.5, 0.6) is 5.75 Å². The van der Waals surface area contributed by atoms with Gasteiger partial charge in [-0.05, 0) is 53.6 Å². The van der Waals surface area contributed by atoms with E-state index in [1.54, 1.807) is 24.3 Å². The minimum absolute atomic E-state index is 0.0929. The summed E-state index contributed by atoms with van der Waals surface area (Å²) < 4.78 is 30.4. The van der Waals surface area contributed by atoms with Gasteiger partial charge in [0.1, 0.15) is 5.75 Å². The van der Waals surface area contributed by atoms with Gasteiger partial charge >= 0.3 is 12.6 Å². The monoisotopic (exact) mass is 329 g/mol. The van der Waals surface area contributed by atoms with Gasteiger partial charge in [0.05, 0.1) is 5.56 Å². The Balaban J connectivity index is 1.85. The maximum absolute atomic E-state index is 12.2. The standard InChI is InChI=1S/C18H13F2NO3/c19-18(20)24-16-6-4-15(5-7-16)21-9-8-14(11-21)12-2-1-3-13(10-12)17(22)23/h1-11,18H,(H,22,23). The molecule has 0 unspecified atom stereocenters. The number of rotatable bonds is 5. The number of carboxylic acid groups (broad SMARTS) is 1. The Bertz CT molecular complexity index is 857. The molecule has 1 N–H and O–H groups in total. The summed E-state index contributed by atoms with van der Waals surface area (Å²) in [5, 5.41) is 9.06. The van der Waals surface area contributed by atoms with E-state index in [0.717, 1.165) is 16.8 Å². The molecule has 0 radical (unpaired) electrons. The maximum Gasteiger partial charge on any atom is 0.387 e. The highest BCUT2D eigenvalue weighted by Crippen LogP contribution is 2.24. The first-order valence-electron chi connectivity index (χ1n) is 7.10. The number of aromatic nitrogens is 1. The lowest BCUT2D eigenvalue weighted by atomic mass is 10.1. The van der Waals surface area contributed by atoms with E-state index < -0.39 is 12.6 Å². The number of halogens is 2. The van der Waals surface area contributed by atoms with Gasteiger partial charge in [0.15, 0.2) is 0 Å². The van der Waals surface area contributed by atoms with Crippen molar-refractivity contribution < 1.29 is 23.4 Å². The summed E-state index contributed by atoms with van der Waals surface area (Å²) in [6, 6.07) is 14.7. The molecule has 122 valence electrons. The molecule has 0 aliphatic heterocycles. The fourth-order valence-corrected chi connectivity index (χ4v) is 2.36. The van der Waals surface area contributed by atoms with Crippen molar-refractivity contribution in [2.24, 2.45) is 0 Å². The summed E-state index contributed by atoms with van der Waals surface area (Å²) in [6.07, 6.45) is 3.65. The third-order valence-corrected chi connectivity index (χ3v) is 3.50. The van der Waals surface area contributed by atoms with Gasteiger partial charge in [-0.1, -0.05) is 12.1 Å². The summed E-state index contributed by atoms with van der Waals surface area (Å²) in [5.74, 6) is -0.888. The molecule has 4 nitrogen and oxygen atoms in total. The van der Waals surface area contributed by atoms with Crippen molar-refractivity contribution in [3.63, 3.8) is 0 Å². The lowest BCUT2D eigenvalue weighted by Crippen LogP contribution is -2.01. The number of benzene rings is 2. The van der Waals surface area contributed by atoms with E-state index in [2.05, 4.69) is 4.74 Å². The molecule has 0 fully saturated rings. The van der Waals surface area contributed by atoms with Gasteiger partial charge in [0.25, 0.3) is 0 Å². The van der Waals surface area contributed by atoms with Crippen LogP contribution >= 0.6 is 0 Å². The molecular weight excluding hydrogens is 316 g/mol. The van der Waals surface area contributed by atoms with Crippen LogP contribution in [0.15, 0.2) is 67.0 Å². The molecule has 3 aromatic rings. The normalized spacial score (nSPS) is 10.8. The quantitative estimate of drug-likeness (QED) is 0.753. The summed E-state index contributed by atoms with van der Waals surface area (Å²) in [4.78, 5) is 11.0. The minimum atomic E-state index is -2.85. The first-order chi connectivity index (χ1) is 11.5.